The lowest BCUT2D eigenvalue weighted by atomic mass is 10.1. The molecule has 23 heavy (non-hydrogen) atoms. The number of benzene rings is 1. The van der Waals surface area contributed by atoms with Crippen LogP contribution in [0, 0.1) is 0 Å². The van der Waals surface area contributed by atoms with Gasteiger partial charge in [0.1, 0.15) is 11.5 Å². The van der Waals surface area contributed by atoms with Gasteiger partial charge < -0.3 is 14.4 Å². The zero-order chi connectivity index (χ0) is 16.1. The first-order chi connectivity index (χ1) is 11.3. The topological polar surface area (TPSA) is 37.8 Å². The Labute approximate surface area is 136 Å². The molecule has 1 aromatic carbocycles. The largest absolute Gasteiger partial charge is 0.497 e. The van der Waals surface area contributed by atoms with Crippen LogP contribution in [0.25, 0.3) is 0 Å². The minimum absolute atomic E-state index is 0.807. The highest BCUT2D eigenvalue weighted by Gasteiger charge is 2.16. The second-order valence-electron chi connectivity index (χ2n) is 5.40. The van der Waals surface area contributed by atoms with E-state index >= 15 is 0 Å². The molecule has 0 saturated heterocycles. The number of hydrogen-bond donors (Lipinski definition) is 0. The third kappa shape index (κ3) is 3.63. The van der Waals surface area contributed by atoms with Crippen molar-refractivity contribution in [2.45, 2.75) is 6.54 Å². The van der Waals surface area contributed by atoms with Crippen molar-refractivity contribution in [1.29, 1.82) is 0 Å². The molecule has 1 aliphatic heterocycles. The van der Waals surface area contributed by atoms with Gasteiger partial charge in [0, 0.05) is 37.1 Å². The molecule has 0 aliphatic carbocycles. The summed E-state index contributed by atoms with van der Waals surface area (Å²) in [6.45, 7) is 2.54. The van der Waals surface area contributed by atoms with Gasteiger partial charge in [-0.1, -0.05) is 12.1 Å². The van der Waals surface area contributed by atoms with Crippen molar-refractivity contribution in [3.05, 3.63) is 60.6 Å². The predicted octanol–water partition coefficient (Wildman–Crippen LogP) is 2.89. The zero-order valence-electron chi connectivity index (χ0n) is 13.5. The first-order valence-electron chi connectivity index (χ1n) is 7.57. The third-order valence-electron chi connectivity index (χ3n) is 3.87. The molecule has 0 atom stereocenters. The molecule has 0 bridgehead atoms. The van der Waals surface area contributed by atoms with Gasteiger partial charge in [0.25, 0.3) is 0 Å². The predicted molar refractivity (Wildman–Crippen MR) is 90.7 cm³/mol. The van der Waals surface area contributed by atoms with Gasteiger partial charge in [-0.05, 0) is 18.2 Å². The summed E-state index contributed by atoms with van der Waals surface area (Å²) >= 11 is 0. The smallest absolute Gasteiger partial charge is 0.127 e. The lowest BCUT2D eigenvalue weighted by Gasteiger charge is -2.32. The van der Waals surface area contributed by atoms with Crippen LogP contribution in [0.5, 0.6) is 11.5 Å². The fraction of sp³-hybridized carbons (Fsp3) is 0.278. The summed E-state index contributed by atoms with van der Waals surface area (Å²) in [5, 5.41) is 0. The van der Waals surface area contributed by atoms with Crippen LogP contribution in [0.2, 0.25) is 0 Å². The maximum Gasteiger partial charge on any atom is 0.127 e. The number of rotatable bonds is 5. The minimum atomic E-state index is 0.807. The Morgan fingerprint density at radius 2 is 2.09 bits per heavy atom. The summed E-state index contributed by atoms with van der Waals surface area (Å²) in [6.07, 6.45) is 7.93. The number of nitrogens with zero attached hydrogens (tertiary/aromatic N) is 3. The second kappa shape index (κ2) is 7.15. The van der Waals surface area contributed by atoms with Crippen LogP contribution in [0.15, 0.2) is 55.0 Å². The second-order valence-corrected chi connectivity index (χ2v) is 5.40. The Hall–Kier alpha value is -2.53. The van der Waals surface area contributed by atoms with Crippen molar-refractivity contribution >= 4 is 5.69 Å². The number of pyridine rings is 1. The summed E-state index contributed by atoms with van der Waals surface area (Å²) in [5.41, 5.74) is 2.24. The molecule has 2 heterocycles. The van der Waals surface area contributed by atoms with Gasteiger partial charge in [0.15, 0.2) is 0 Å². The number of ether oxygens (including phenoxy) is 2. The molecule has 120 valence electrons. The number of hydrogen-bond acceptors (Lipinski definition) is 5. The van der Waals surface area contributed by atoms with Gasteiger partial charge in [-0.25, -0.2) is 0 Å². The summed E-state index contributed by atoms with van der Waals surface area (Å²) in [7, 11) is 3.35. The Kier molecular flexibility index (Phi) is 4.78. The molecule has 0 radical (unpaired) electrons. The SMILES string of the molecule is COc1ccc(CN2CC=CN(c3cccnc3)C2)c(OC)c1. The minimum Gasteiger partial charge on any atom is -0.497 e. The van der Waals surface area contributed by atoms with E-state index in [0.29, 0.717) is 0 Å². The van der Waals surface area contributed by atoms with Crippen LogP contribution < -0.4 is 14.4 Å². The highest BCUT2D eigenvalue weighted by atomic mass is 16.5. The monoisotopic (exact) mass is 311 g/mol. The van der Waals surface area contributed by atoms with Gasteiger partial charge >= 0.3 is 0 Å². The van der Waals surface area contributed by atoms with Gasteiger partial charge in [0.05, 0.1) is 32.8 Å². The third-order valence-corrected chi connectivity index (χ3v) is 3.87. The van der Waals surface area contributed by atoms with Crippen molar-refractivity contribution in [3.8, 4) is 11.5 Å². The van der Waals surface area contributed by atoms with E-state index in [1.165, 1.54) is 0 Å². The van der Waals surface area contributed by atoms with E-state index in [0.717, 1.165) is 42.5 Å². The van der Waals surface area contributed by atoms with E-state index < -0.39 is 0 Å². The summed E-state index contributed by atoms with van der Waals surface area (Å²) in [4.78, 5) is 8.72. The van der Waals surface area contributed by atoms with Crippen LogP contribution in [0.4, 0.5) is 5.69 Å². The van der Waals surface area contributed by atoms with Crippen molar-refractivity contribution in [2.75, 3.05) is 32.3 Å². The van der Waals surface area contributed by atoms with E-state index in [1.807, 2.05) is 24.4 Å². The molecule has 2 aromatic rings. The fourth-order valence-electron chi connectivity index (χ4n) is 2.67. The van der Waals surface area contributed by atoms with Crippen LogP contribution in [-0.2, 0) is 6.54 Å². The number of methoxy groups -OCH3 is 2. The Balaban J connectivity index is 1.73. The van der Waals surface area contributed by atoms with Crippen molar-refractivity contribution < 1.29 is 9.47 Å². The maximum atomic E-state index is 5.49. The van der Waals surface area contributed by atoms with Crippen LogP contribution in [-0.4, -0.2) is 37.3 Å². The number of aromatic nitrogens is 1. The molecule has 0 fully saturated rings. The van der Waals surface area contributed by atoms with Gasteiger partial charge in [-0.15, -0.1) is 0 Å². The van der Waals surface area contributed by atoms with Gasteiger partial charge in [0.2, 0.25) is 0 Å². The van der Waals surface area contributed by atoms with E-state index in [9.17, 15) is 0 Å². The van der Waals surface area contributed by atoms with Crippen molar-refractivity contribution in [3.63, 3.8) is 0 Å². The summed E-state index contributed by atoms with van der Waals surface area (Å²) in [5.74, 6) is 1.66. The molecular formula is C18H21N3O2. The summed E-state index contributed by atoms with van der Waals surface area (Å²) in [6, 6.07) is 9.97. The van der Waals surface area contributed by atoms with E-state index in [-0.39, 0.29) is 0 Å². The van der Waals surface area contributed by atoms with Gasteiger partial charge in [-0.3, -0.25) is 9.88 Å². The molecule has 0 spiro atoms. The molecule has 3 rings (SSSR count). The average molecular weight is 311 g/mol. The Morgan fingerprint density at radius 3 is 2.83 bits per heavy atom. The molecule has 1 aliphatic rings. The number of anilines is 1. The van der Waals surface area contributed by atoms with E-state index in [1.54, 1.807) is 20.4 Å². The molecular weight excluding hydrogens is 290 g/mol. The molecule has 0 unspecified atom stereocenters. The van der Waals surface area contributed by atoms with E-state index in [4.69, 9.17) is 9.47 Å². The van der Waals surface area contributed by atoms with Crippen molar-refractivity contribution in [2.24, 2.45) is 0 Å². The molecule has 5 heteroatoms. The Bertz CT molecular complexity index is 673. The molecule has 0 N–H and O–H groups in total. The average Bonchev–Trinajstić information content (AvgIpc) is 2.63. The maximum absolute atomic E-state index is 5.49. The summed E-state index contributed by atoms with van der Waals surface area (Å²) < 4.78 is 10.7. The van der Waals surface area contributed by atoms with Crippen LogP contribution in [0.3, 0.4) is 0 Å². The molecule has 5 nitrogen and oxygen atoms in total. The molecule has 0 amide bonds. The molecule has 0 saturated carbocycles. The zero-order valence-corrected chi connectivity index (χ0v) is 13.5. The van der Waals surface area contributed by atoms with Gasteiger partial charge in [-0.2, -0.15) is 0 Å². The first kappa shape index (κ1) is 15.4. The lowest BCUT2D eigenvalue weighted by Crippen LogP contribution is -2.38. The highest BCUT2D eigenvalue weighted by molar-refractivity contribution is 5.47. The Morgan fingerprint density at radius 1 is 1.17 bits per heavy atom. The lowest BCUT2D eigenvalue weighted by molar-refractivity contribution is 0.284. The quantitative estimate of drug-likeness (QED) is 0.849. The standard InChI is InChI=1S/C18H21N3O2/c1-22-17-7-6-15(18(11-17)23-2)13-20-9-4-10-21(14-20)16-5-3-8-19-12-16/h3-8,10-12H,9,13-14H2,1-2H3. The first-order valence-corrected chi connectivity index (χ1v) is 7.57. The fourth-order valence-corrected chi connectivity index (χ4v) is 2.67. The molecule has 1 aromatic heterocycles. The van der Waals surface area contributed by atoms with Crippen molar-refractivity contribution in [1.82, 2.24) is 9.88 Å². The van der Waals surface area contributed by atoms with Crippen LogP contribution in [0.1, 0.15) is 5.56 Å². The van der Waals surface area contributed by atoms with E-state index in [2.05, 4.69) is 39.2 Å². The normalized spacial score (nSPS) is 14.8. The van der Waals surface area contributed by atoms with Crippen LogP contribution >= 0.6 is 0 Å². The highest BCUT2D eigenvalue weighted by Crippen LogP contribution is 2.26.